The fraction of sp³-hybridized carbons (Fsp3) is 0.263. The lowest BCUT2D eigenvalue weighted by molar-refractivity contribution is 0.0522. The highest BCUT2D eigenvalue weighted by atomic mass is 16.5. The number of aliphatic hydroxyl groups excluding tert-OH is 1. The van der Waals surface area contributed by atoms with Crippen molar-refractivity contribution in [3.05, 3.63) is 65.2 Å². The van der Waals surface area contributed by atoms with Crippen LogP contribution in [0.25, 0.3) is 0 Å². The molecule has 0 aliphatic heterocycles. The minimum absolute atomic E-state index is 0.0246. The largest absolute Gasteiger partial charge is 0.462 e. The van der Waals surface area contributed by atoms with Gasteiger partial charge in [0.2, 0.25) is 0 Å². The first-order valence-corrected chi connectivity index (χ1v) is 7.84. The summed E-state index contributed by atoms with van der Waals surface area (Å²) in [5.41, 5.74) is 1.34. The van der Waals surface area contributed by atoms with Gasteiger partial charge >= 0.3 is 11.9 Å². The van der Waals surface area contributed by atoms with Crippen molar-refractivity contribution < 1.29 is 24.2 Å². The van der Waals surface area contributed by atoms with E-state index in [0.717, 1.165) is 0 Å². The number of carbonyl (C=O) groups is 2. The number of carbonyl (C=O) groups excluding carboxylic acids is 2. The van der Waals surface area contributed by atoms with E-state index in [1.165, 1.54) is 0 Å². The number of esters is 2. The summed E-state index contributed by atoms with van der Waals surface area (Å²) in [6.45, 7) is 1.96. The Bertz CT molecular complexity index is 694. The van der Waals surface area contributed by atoms with E-state index < -0.39 is 11.9 Å². The van der Waals surface area contributed by atoms with Crippen LogP contribution in [-0.2, 0) is 11.2 Å². The van der Waals surface area contributed by atoms with E-state index in [-0.39, 0.29) is 13.2 Å². The highest BCUT2D eigenvalue weighted by Crippen LogP contribution is 2.26. The zero-order valence-electron chi connectivity index (χ0n) is 13.5. The third-order valence-electron chi connectivity index (χ3n) is 3.43. The minimum atomic E-state index is -0.498. The molecule has 0 aliphatic rings. The maximum absolute atomic E-state index is 12.3. The molecule has 126 valence electrons. The van der Waals surface area contributed by atoms with Gasteiger partial charge in [0.25, 0.3) is 0 Å². The number of rotatable bonds is 7. The molecule has 0 amide bonds. The van der Waals surface area contributed by atoms with Crippen molar-refractivity contribution in [3.8, 4) is 5.75 Å². The van der Waals surface area contributed by atoms with Gasteiger partial charge in [0.15, 0.2) is 0 Å². The van der Waals surface area contributed by atoms with E-state index in [1.807, 2.05) is 6.07 Å². The van der Waals surface area contributed by atoms with Crippen molar-refractivity contribution in [2.45, 2.75) is 19.8 Å². The molecule has 0 atom stereocenters. The maximum atomic E-state index is 12.3. The molecule has 0 fully saturated rings. The van der Waals surface area contributed by atoms with E-state index in [0.29, 0.717) is 35.3 Å². The number of hydrogen-bond donors (Lipinski definition) is 1. The summed E-state index contributed by atoms with van der Waals surface area (Å²) in [4.78, 5) is 24.4. The molecular formula is C19H20O5. The molecule has 0 bridgehead atoms. The van der Waals surface area contributed by atoms with Gasteiger partial charge in [-0.1, -0.05) is 24.3 Å². The third-order valence-corrected chi connectivity index (χ3v) is 3.43. The zero-order chi connectivity index (χ0) is 17.4. The Morgan fingerprint density at radius 3 is 2.42 bits per heavy atom. The molecule has 0 aromatic heterocycles. The molecule has 0 saturated heterocycles. The van der Waals surface area contributed by atoms with Crippen LogP contribution < -0.4 is 4.74 Å². The van der Waals surface area contributed by atoms with Gasteiger partial charge in [-0.25, -0.2) is 9.59 Å². The molecule has 0 spiro atoms. The Balaban J connectivity index is 2.32. The van der Waals surface area contributed by atoms with Crippen LogP contribution in [0.3, 0.4) is 0 Å². The third kappa shape index (κ3) is 4.43. The smallest absolute Gasteiger partial charge is 0.343 e. The predicted octanol–water partition coefficient (Wildman–Crippen LogP) is 3.01. The summed E-state index contributed by atoms with van der Waals surface area (Å²) < 4.78 is 10.5. The zero-order valence-corrected chi connectivity index (χ0v) is 13.5. The Hall–Kier alpha value is -2.66. The number of hydrogen-bond acceptors (Lipinski definition) is 5. The minimum Gasteiger partial charge on any atom is -0.462 e. The van der Waals surface area contributed by atoms with Crippen molar-refractivity contribution in [3.63, 3.8) is 0 Å². The normalized spacial score (nSPS) is 10.2. The summed E-state index contributed by atoms with van der Waals surface area (Å²) in [5, 5.41) is 9.09. The molecule has 0 heterocycles. The van der Waals surface area contributed by atoms with Gasteiger partial charge in [-0.3, -0.25) is 0 Å². The second kappa shape index (κ2) is 8.84. The quantitative estimate of drug-likeness (QED) is 0.625. The van der Waals surface area contributed by atoms with E-state index in [4.69, 9.17) is 14.6 Å². The van der Waals surface area contributed by atoms with Crippen LogP contribution in [0.2, 0.25) is 0 Å². The lowest BCUT2D eigenvalue weighted by Gasteiger charge is -2.14. The van der Waals surface area contributed by atoms with Gasteiger partial charge < -0.3 is 14.6 Å². The molecule has 0 radical (unpaired) electrons. The fourth-order valence-corrected chi connectivity index (χ4v) is 2.31. The molecule has 0 unspecified atom stereocenters. The average Bonchev–Trinajstić information content (AvgIpc) is 2.61. The van der Waals surface area contributed by atoms with Gasteiger partial charge in [0.1, 0.15) is 5.75 Å². The monoisotopic (exact) mass is 328 g/mol. The van der Waals surface area contributed by atoms with Crippen LogP contribution >= 0.6 is 0 Å². The van der Waals surface area contributed by atoms with E-state index in [2.05, 4.69) is 0 Å². The first kappa shape index (κ1) is 17.7. The number of aliphatic hydroxyl groups is 1. The summed E-state index contributed by atoms with van der Waals surface area (Å²) in [7, 11) is 0. The van der Waals surface area contributed by atoms with Gasteiger partial charge in [0, 0.05) is 12.2 Å². The number of benzene rings is 2. The van der Waals surface area contributed by atoms with Gasteiger partial charge in [-0.05, 0) is 44.0 Å². The van der Waals surface area contributed by atoms with E-state index in [9.17, 15) is 9.59 Å². The Morgan fingerprint density at radius 2 is 1.75 bits per heavy atom. The average molecular weight is 328 g/mol. The molecule has 5 nitrogen and oxygen atoms in total. The van der Waals surface area contributed by atoms with Gasteiger partial charge in [0.05, 0.1) is 17.7 Å². The lowest BCUT2D eigenvalue weighted by Crippen LogP contribution is -2.14. The van der Waals surface area contributed by atoms with Crippen molar-refractivity contribution in [2.24, 2.45) is 0 Å². The van der Waals surface area contributed by atoms with E-state index in [1.54, 1.807) is 49.4 Å². The Labute approximate surface area is 140 Å². The second-order valence-corrected chi connectivity index (χ2v) is 5.09. The molecule has 2 rings (SSSR count). The molecule has 2 aromatic carbocycles. The first-order chi connectivity index (χ1) is 11.7. The second-order valence-electron chi connectivity index (χ2n) is 5.09. The molecule has 0 aliphatic carbocycles. The first-order valence-electron chi connectivity index (χ1n) is 7.84. The van der Waals surface area contributed by atoms with Crippen molar-refractivity contribution >= 4 is 11.9 Å². The maximum Gasteiger partial charge on any atom is 0.343 e. The van der Waals surface area contributed by atoms with Crippen LogP contribution in [0.5, 0.6) is 5.75 Å². The standard InChI is InChI=1S/C19H20O5/c1-2-23-19(22)16-10-6-12-17(15(16)11-7-13-20)24-18(21)14-8-4-3-5-9-14/h3-6,8-10,12,20H,2,7,11,13H2,1H3. The molecule has 0 saturated carbocycles. The number of ether oxygens (including phenoxy) is 2. The summed E-state index contributed by atoms with van der Waals surface area (Å²) in [6.07, 6.45) is 0.856. The SMILES string of the molecule is CCOC(=O)c1cccc(OC(=O)c2ccccc2)c1CCCO. The van der Waals surface area contributed by atoms with Crippen LogP contribution in [0, 0.1) is 0 Å². The van der Waals surface area contributed by atoms with E-state index >= 15 is 0 Å². The summed E-state index contributed by atoms with van der Waals surface area (Å²) in [5.74, 6) is -0.659. The molecule has 24 heavy (non-hydrogen) atoms. The van der Waals surface area contributed by atoms with Crippen molar-refractivity contribution in [1.82, 2.24) is 0 Å². The van der Waals surface area contributed by atoms with Crippen LogP contribution in [0.4, 0.5) is 0 Å². The Morgan fingerprint density at radius 1 is 1.00 bits per heavy atom. The Kier molecular flexibility index (Phi) is 6.51. The summed E-state index contributed by atoms with van der Waals surface area (Å²) in [6, 6.07) is 13.5. The molecule has 5 heteroatoms. The highest BCUT2D eigenvalue weighted by Gasteiger charge is 2.19. The van der Waals surface area contributed by atoms with Crippen LogP contribution in [0.15, 0.2) is 48.5 Å². The predicted molar refractivity (Wildman–Crippen MR) is 89.2 cm³/mol. The topological polar surface area (TPSA) is 72.8 Å². The fourth-order valence-electron chi connectivity index (χ4n) is 2.31. The van der Waals surface area contributed by atoms with Crippen molar-refractivity contribution in [2.75, 3.05) is 13.2 Å². The van der Waals surface area contributed by atoms with Crippen molar-refractivity contribution in [1.29, 1.82) is 0 Å². The lowest BCUT2D eigenvalue weighted by atomic mass is 10.0. The summed E-state index contributed by atoms with van der Waals surface area (Å²) >= 11 is 0. The molecule has 1 N–H and O–H groups in total. The molecule has 2 aromatic rings. The van der Waals surface area contributed by atoms with Gasteiger partial charge in [-0.15, -0.1) is 0 Å². The highest BCUT2D eigenvalue weighted by molar-refractivity contribution is 5.94. The molecular weight excluding hydrogens is 308 g/mol. The van der Waals surface area contributed by atoms with Crippen LogP contribution in [0.1, 0.15) is 39.6 Å². The van der Waals surface area contributed by atoms with Crippen LogP contribution in [-0.4, -0.2) is 30.3 Å². The van der Waals surface area contributed by atoms with Gasteiger partial charge in [-0.2, -0.15) is 0 Å².